The van der Waals surface area contributed by atoms with Gasteiger partial charge in [-0.05, 0) is 90.2 Å². The second-order valence-electron chi connectivity index (χ2n) is 8.17. The van der Waals surface area contributed by atoms with Crippen molar-refractivity contribution < 1.29 is 14.2 Å². The van der Waals surface area contributed by atoms with Gasteiger partial charge in [0.15, 0.2) is 11.5 Å². The highest BCUT2D eigenvalue weighted by atomic mass is 16.7. The van der Waals surface area contributed by atoms with Crippen molar-refractivity contribution in [3.8, 4) is 28.4 Å². The SMILES string of the molecule is NCCC1CCc2cc(OCc3ccc(-c4ccc5c(c4)OCO5)cc3)ccc2C1. The summed E-state index contributed by atoms with van der Waals surface area (Å²) in [6.07, 6.45) is 4.63. The van der Waals surface area contributed by atoms with Crippen molar-refractivity contribution in [3.05, 3.63) is 77.4 Å². The second kappa shape index (κ2) is 8.41. The van der Waals surface area contributed by atoms with Crippen molar-refractivity contribution in [1.82, 2.24) is 0 Å². The van der Waals surface area contributed by atoms with Crippen molar-refractivity contribution in [3.63, 3.8) is 0 Å². The van der Waals surface area contributed by atoms with Crippen LogP contribution in [-0.4, -0.2) is 13.3 Å². The molecule has 3 aromatic carbocycles. The molecule has 1 aliphatic carbocycles. The Morgan fingerprint density at radius 3 is 2.57 bits per heavy atom. The molecule has 5 rings (SSSR count). The summed E-state index contributed by atoms with van der Waals surface area (Å²) in [5.41, 5.74) is 12.0. The average Bonchev–Trinajstić information content (AvgIpc) is 3.26. The molecule has 2 aliphatic rings. The molecule has 0 fully saturated rings. The van der Waals surface area contributed by atoms with E-state index in [-0.39, 0.29) is 0 Å². The fourth-order valence-corrected chi connectivity index (χ4v) is 4.41. The number of rotatable bonds is 6. The van der Waals surface area contributed by atoms with Gasteiger partial charge in [-0.25, -0.2) is 0 Å². The highest BCUT2D eigenvalue weighted by Gasteiger charge is 2.18. The van der Waals surface area contributed by atoms with E-state index in [1.807, 2.05) is 12.1 Å². The van der Waals surface area contributed by atoms with E-state index in [4.69, 9.17) is 19.9 Å². The van der Waals surface area contributed by atoms with Gasteiger partial charge in [0, 0.05) is 0 Å². The van der Waals surface area contributed by atoms with Gasteiger partial charge in [-0.15, -0.1) is 0 Å². The molecule has 0 aromatic heterocycles. The van der Waals surface area contributed by atoms with Crippen LogP contribution in [0.2, 0.25) is 0 Å². The maximum absolute atomic E-state index is 6.08. The Labute approximate surface area is 177 Å². The summed E-state index contributed by atoms with van der Waals surface area (Å²) >= 11 is 0. The fourth-order valence-electron chi connectivity index (χ4n) is 4.41. The third kappa shape index (κ3) is 4.01. The van der Waals surface area contributed by atoms with E-state index >= 15 is 0 Å². The van der Waals surface area contributed by atoms with E-state index in [0.29, 0.717) is 13.4 Å². The third-order valence-electron chi connectivity index (χ3n) is 6.15. The molecule has 0 saturated carbocycles. The third-order valence-corrected chi connectivity index (χ3v) is 6.15. The lowest BCUT2D eigenvalue weighted by atomic mass is 9.82. The van der Waals surface area contributed by atoms with Crippen molar-refractivity contribution in [1.29, 1.82) is 0 Å². The zero-order chi connectivity index (χ0) is 20.3. The maximum atomic E-state index is 6.08. The predicted octanol–water partition coefficient (Wildman–Crippen LogP) is 5.12. The molecule has 1 aliphatic heterocycles. The molecule has 0 saturated heterocycles. The molecule has 0 bridgehead atoms. The van der Waals surface area contributed by atoms with Gasteiger partial charge in [0.05, 0.1) is 0 Å². The van der Waals surface area contributed by atoms with Crippen LogP contribution in [-0.2, 0) is 19.4 Å². The molecule has 4 nitrogen and oxygen atoms in total. The zero-order valence-electron chi connectivity index (χ0n) is 17.1. The van der Waals surface area contributed by atoms with Crippen LogP contribution in [0.25, 0.3) is 11.1 Å². The van der Waals surface area contributed by atoms with E-state index in [0.717, 1.165) is 65.7 Å². The van der Waals surface area contributed by atoms with Crippen LogP contribution < -0.4 is 19.9 Å². The number of hydrogen-bond acceptors (Lipinski definition) is 4. The van der Waals surface area contributed by atoms with Crippen LogP contribution in [0.5, 0.6) is 17.2 Å². The maximum Gasteiger partial charge on any atom is 0.231 e. The minimum absolute atomic E-state index is 0.298. The lowest BCUT2D eigenvalue weighted by molar-refractivity contribution is 0.174. The molecule has 4 heteroatoms. The van der Waals surface area contributed by atoms with Crippen LogP contribution in [0.1, 0.15) is 29.5 Å². The fraction of sp³-hybridized carbons (Fsp3) is 0.308. The number of ether oxygens (including phenoxy) is 3. The summed E-state index contributed by atoms with van der Waals surface area (Å²) in [6, 6.07) is 21.1. The summed E-state index contributed by atoms with van der Waals surface area (Å²) in [7, 11) is 0. The Morgan fingerprint density at radius 1 is 0.867 bits per heavy atom. The molecule has 30 heavy (non-hydrogen) atoms. The molecular weight excluding hydrogens is 374 g/mol. The normalized spacial score (nSPS) is 16.9. The Morgan fingerprint density at radius 2 is 1.70 bits per heavy atom. The average molecular weight is 402 g/mol. The molecule has 154 valence electrons. The number of hydrogen-bond donors (Lipinski definition) is 1. The van der Waals surface area contributed by atoms with Crippen molar-refractivity contribution in [2.45, 2.75) is 32.3 Å². The monoisotopic (exact) mass is 401 g/mol. The minimum Gasteiger partial charge on any atom is -0.489 e. The van der Waals surface area contributed by atoms with Gasteiger partial charge in [0.25, 0.3) is 0 Å². The van der Waals surface area contributed by atoms with Crippen molar-refractivity contribution >= 4 is 0 Å². The molecular formula is C26H27NO3. The van der Waals surface area contributed by atoms with Crippen LogP contribution in [0, 0.1) is 5.92 Å². The molecule has 0 spiro atoms. The van der Waals surface area contributed by atoms with E-state index in [9.17, 15) is 0 Å². The zero-order valence-corrected chi connectivity index (χ0v) is 17.1. The largest absolute Gasteiger partial charge is 0.489 e. The van der Waals surface area contributed by atoms with Gasteiger partial charge < -0.3 is 19.9 Å². The Hall–Kier alpha value is -2.98. The Bertz CT molecular complexity index is 1030. The van der Waals surface area contributed by atoms with Crippen LogP contribution in [0.3, 0.4) is 0 Å². The standard InChI is InChI=1S/C26H27NO3/c27-12-11-18-1-6-22-14-24(9-7-21(22)13-18)28-16-19-2-4-20(5-3-19)23-8-10-25-26(15-23)30-17-29-25/h2-5,7-10,14-15,18H,1,6,11-13,16-17,27H2. The van der Waals surface area contributed by atoms with E-state index in [2.05, 4.69) is 48.5 Å². The van der Waals surface area contributed by atoms with Gasteiger partial charge in [-0.1, -0.05) is 36.4 Å². The predicted molar refractivity (Wildman–Crippen MR) is 118 cm³/mol. The van der Waals surface area contributed by atoms with Gasteiger partial charge in [-0.2, -0.15) is 0 Å². The first-order valence-electron chi connectivity index (χ1n) is 10.7. The molecule has 1 atom stereocenters. The Balaban J connectivity index is 1.22. The van der Waals surface area contributed by atoms with Crippen LogP contribution >= 0.6 is 0 Å². The summed E-state index contributed by atoms with van der Waals surface area (Å²) in [5.74, 6) is 3.30. The van der Waals surface area contributed by atoms with Gasteiger partial charge in [0.2, 0.25) is 6.79 Å². The molecule has 0 radical (unpaired) electrons. The van der Waals surface area contributed by atoms with E-state index in [1.165, 1.54) is 17.5 Å². The lowest BCUT2D eigenvalue weighted by Crippen LogP contribution is -2.17. The van der Waals surface area contributed by atoms with Gasteiger partial charge in [0.1, 0.15) is 12.4 Å². The Kier molecular flexibility index (Phi) is 5.33. The molecule has 1 unspecified atom stereocenters. The van der Waals surface area contributed by atoms with Gasteiger partial charge >= 0.3 is 0 Å². The summed E-state index contributed by atoms with van der Waals surface area (Å²) in [6.45, 7) is 1.65. The first-order valence-corrected chi connectivity index (χ1v) is 10.7. The number of aryl methyl sites for hydroxylation is 1. The second-order valence-corrected chi connectivity index (χ2v) is 8.17. The highest BCUT2D eigenvalue weighted by Crippen LogP contribution is 2.36. The first kappa shape index (κ1) is 19.0. The van der Waals surface area contributed by atoms with E-state index in [1.54, 1.807) is 0 Å². The molecule has 3 aromatic rings. The molecule has 2 N–H and O–H groups in total. The minimum atomic E-state index is 0.298. The van der Waals surface area contributed by atoms with Crippen LogP contribution in [0.15, 0.2) is 60.7 Å². The lowest BCUT2D eigenvalue weighted by Gasteiger charge is -2.24. The van der Waals surface area contributed by atoms with E-state index < -0.39 is 0 Å². The number of benzene rings is 3. The number of nitrogens with two attached hydrogens (primary N) is 1. The van der Waals surface area contributed by atoms with Crippen LogP contribution in [0.4, 0.5) is 0 Å². The quantitative estimate of drug-likeness (QED) is 0.623. The summed E-state index contributed by atoms with van der Waals surface area (Å²) in [4.78, 5) is 0. The van der Waals surface area contributed by atoms with Gasteiger partial charge in [-0.3, -0.25) is 0 Å². The highest BCUT2D eigenvalue weighted by molar-refractivity contribution is 5.67. The summed E-state index contributed by atoms with van der Waals surface area (Å²) in [5, 5.41) is 0. The topological polar surface area (TPSA) is 53.7 Å². The van der Waals surface area contributed by atoms with Crippen molar-refractivity contribution in [2.75, 3.05) is 13.3 Å². The smallest absolute Gasteiger partial charge is 0.231 e. The summed E-state index contributed by atoms with van der Waals surface area (Å²) < 4.78 is 17.0. The number of fused-ring (bicyclic) bond motifs is 2. The van der Waals surface area contributed by atoms with Crippen molar-refractivity contribution in [2.24, 2.45) is 11.7 Å². The first-order chi connectivity index (χ1) is 14.8. The molecule has 1 heterocycles. The molecule has 0 amide bonds.